The summed E-state index contributed by atoms with van der Waals surface area (Å²) in [4.78, 5) is 4.51. The van der Waals surface area contributed by atoms with E-state index >= 15 is 0 Å². The van der Waals surface area contributed by atoms with Gasteiger partial charge in [-0.2, -0.15) is 0 Å². The van der Waals surface area contributed by atoms with Crippen LogP contribution in [-0.4, -0.2) is 51.0 Å². The van der Waals surface area contributed by atoms with Crippen LogP contribution in [0.1, 0.15) is 19.8 Å². The van der Waals surface area contributed by atoms with E-state index in [2.05, 4.69) is 22.5 Å². The maximum Gasteiger partial charge on any atom is 0.191 e. The Morgan fingerprint density at radius 3 is 2.76 bits per heavy atom. The molecule has 2 N–H and O–H groups in total. The van der Waals surface area contributed by atoms with Crippen LogP contribution in [0.3, 0.4) is 0 Å². The zero-order valence-electron chi connectivity index (χ0n) is 10.3. The van der Waals surface area contributed by atoms with E-state index in [0.29, 0.717) is 32.4 Å². The standard InChI is InChI=1S/C11H21N3O2.HI/c1-2-12-11(14-9-3-4-9)13-7-10-8-15-5-6-16-10;/h9-10H,2-8H2,1H3,(H2,12,13,14);1H. The number of nitrogens with zero attached hydrogens (tertiary/aromatic N) is 1. The van der Waals surface area contributed by atoms with Gasteiger partial charge in [0.25, 0.3) is 0 Å². The summed E-state index contributed by atoms with van der Waals surface area (Å²) in [6, 6.07) is 0.626. The van der Waals surface area contributed by atoms with Gasteiger partial charge in [0.15, 0.2) is 5.96 Å². The number of hydrogen-bond acceptors (Lipinski definition) is 3. The van der Waals surface area contributed by atoms with Gasteiger partial charge in [-0.05, 0) is 19.8 Å². The molecule has 0 aromatic heterocycles. The average Bonchev–Trinajstić information content (AvgIpc) is 3.12. The molecule has 1 saturated carbocycles. The Kier molecular flexibility index (Phi) is 7.14. The van der Waals surface area contributed by atoms with Gasteiger partial charge in [0.05, 0.1) is 26.4 Å². The van der Waals surface area contributed by atoms with Gasteiger partial charge in [-0.3, -0.25) is 4.99 Å². The van der Waals surface area contributed by atoms with Crippen LogP contribution in [0.4, 0.5) is 0 Å². The van der Waals surface area contributed by atoms with Gasteiger partial charge in [-0.25, -0.2) is 0 Å². The molecular weight excluding hydrogens is 333 g/mol. The van der Waals surface area contributed by atoms with Crippen LogP contribution in [0, 0.1) is 0 Å². The minimum atomic E-state index is 0. The Morgan fingerprint density at radius 2 is 2.18 bits per heavy atom. The zero-order chi connectivity index (χ0) is 11.2. The molecule has 0 aromatic carbocycles. The van der Waals surface area contributed by atoms with Gasteiger partial charge in [0.1, 0.15) is 6.10 Å². The minimum Gasteiger partial charge on any atom is -0.376 e. The molecule has 5 nitrogen and oxygen atoms in total. The molecule has 0 spiro atoms. The highest BCUT2D eigenvalue weighted by atomic mass is 127. The molecule has 0 radical (unpaired) electrons. The number of ether oxygens (including phenoxy) is 2. The molecule has 17 heavy (non-hydrogen) atoms. The second kappa shape index (κ2) is 8.10. The maximum absolute atomic E-state index is 5.54. The summed E-state index contributed by atoms with van der Waals surface area (Å²) in [7, 11) is 0. The SMILES string of the molecule is CCNC(=NCC1COCCO1)NC1CC1.I. The number of aliphatic imine (C=N–C) groups is 1. The largest absolute Gasteiger partial charge is 0.376 e. The van der Waals surface area contributed by atoms with Gasteiger partial charge < -0.3 is 20.1 Å². The van der Waals surface area contributed by atoms with Crippen LogP contribution in [-0.2, 0) is 9.47 Å². The van der Waals surface area contributed by atoms with E-state index in [1.165, 1.54) is 12.8 Å². The molecule has 1 aliphatic heterocycles. The van der Waals surface area contributed by atoms with Crippen molar-refractivity contribution in [1.29, 1.82) is 0 Å². The second-order valence-electron chi connectivity index (χ2n) is 4.21. The van der Waals surface area contributed by atoms with Crippen molar-refractivity contribution in [3.8, 4) is 0 Å². The van der Waals surface area contributed by atoms with E-state index in [0.717, 1.165) is 12.5 Å². The number of halogens is 1. The Morgan fingerprint density at radius 1 is 1.35 bits per heavy atom. The third-order valence-electron chi connectivity index (χ3n) is 2.60. The van der Waals surface area contributed by atoms with Crippen molar-refractivity contribution < 1.29 is 9.47 Å². The van der Waals surface area contributed by atoms with Crippen molar-refractivity contribution in [1.82, 2.24) is 10.6 Å². The molecule has 1 atom stereocenters. The van der Waals surface area contributed by atoms with E-state index in [4.69, 9.17) is 9.47 Å². The summed E-state index contributed by atoms with van der Waals surface area (Å²) >= 11 is 0. The fourth-order valence-corrected chi connectivity index (χ4v) is 1.58. The lowest BCUT2D eigenvalue weighted by atomic mass is 10.3. The van der Waals surface area contributed by atoms with E-state index in [9.17, 15) is 0 Å². The number of guanidine groups is 1. The summed E-state index contributed by atoms with van der Waals surface area (Å²) < 4.78 is 10.9. The van der Waals surface area contributed by atoms with Crippen molar-refractivity contribution in [2.24, 2.45) is 4.99 Å². The highest BCUT2D eigenvalue weighted by molar-refractivity contribution is 14.0. The smallest absolute Gasteiger partial charge is 0.191 e. The van der Waals surface area contributed by atoms with Crippen molar-refractivity contribution in [2.75, 3.05) is 32.9 Å². The average molecular weight is 355 g/mol. The van der Waals surface area contributed by atoms with Crippen LogP contribution in [0.5, 0.6) is 0 Å². The summed E-state index contributed by atoms with van der Waals surface area (Å²) in [6.45, 7) is 5.69. The van der Waals surface area contributed by atoms with Crippen LogP contribution in [0.15, 0.2) is 4.99 Å². The van der Waals surface area contributed by atoms with Gasteiger partial charge in [-0.1, -0.05) is 0 Å². The molecular formula is C11H22IN3O2. The quantitative estimate of drug-likeness (QED) is 0.444. The summed E-state index contributed by atoms with van der Waals surface area (Å²) in [5.41, 5.74) is 0. The van der Waals surface area contributed by atoms with Gasteiger partial charge >= 0.3 is 0 Å². The lowest BCUT2D eigenvalue weighted by molar-refractivity contribution is -0.0832. The first kappa shape index (κ1) is 15.0. The molecule has 0 aromatic rings. The van der Waals surface area contributed by atoms with E-state index in [1.807, 2.05) is 0 Å². The van der Waals surface area contributed by atoms with Crippen LogP contribution >= 0.6 is 24.0 Å². The Hall–Kier alpha value is -0.0800. The number of hydrogen-bond donors (Lipinski definition) is 2. The molecule has 1 saturated heterocycles. The predicted octanol–water partition coefficient (Wildman–Crippen LogP) is 0.737. The van der Waals surface area contributed by atoms with E-state index in [1.54, 1.807) is 0 Å². The lowest BCUT2D eigenvalue weighted by Gasteiger charge is -2.21. The van der Waals surface area contributed by atoms with Crippen LogP contribution in [0.25, 0.3) is 0 Å². The Bertz CT molecular complexity index is 241. The van der Waals surface area contributed by atoms with Crippen LogP contribution in [0.2, 0.25) is 0 Å². The fourth-order valence-electron chi connectivity index (χ4n) is 1.58. The molecule has 1 unspecified atom stereocenters. The van der Waals surface area contributed by atoms with Gasteiger partial charge in [0, 0.05) is 12.6 Å². The summed E-state index contributed by atoms with van der Waals surface area (Å²) in [5, 5.41) is 6.61. The lowest BCUT2D eigenvalue weighted by Crippen LogP contribution is -2.40. The number of rotatable bonds is 4. The second-order valence-corrected chi connectivity index (χ2v) is 4.21. The highest BCUT2D eigenvalue weighted by Gasteiger charge is 2.22. The zero-order valence-corrected chi connectivity index (χ0v) is 12.6. The normalized spacial score (nSPS) is 25.0. The fraction of sp³-hybridized carbons (Fsp3) is 0.909. The van der Waals surface area contributed by atoms with Crippen molar-refractivity contribution in [3.63, 3.8) is 0 Å². The molecule has 0 amide bonds. The molecule has 6 heteroatoms. The molecule has 1 heterocycles. The predicted molar refractivity (Wildman–Crippen MR) is 78.1 cm³/mol. The van der Waals surface area contributed by atoms with Gasteiger partial charge in [-0.15, -0.1) is 24.0 Å². The summed E-state index contributed by atoms with van der Waals surface area (Å²) in [6.07, 6.45) is 2.63. The Labute approximate surface area is 120 Å². The van der Waals surface area contributed by atoms with E-state index < -0.39 is 0 Å². The molecule has 2 rings (SSSR count). The van der Waals surface area contributed by atoms with Crippen molar-refractivity contribution in [2.45, 2.75) is 31.9 Å². The monoisotopic (exact) mass is 355 g/mol. The highest BCUT2D eigenvalue weighted by Crippen LogP contribution is 2.18. The third-order valence-corrected chi connectivity index (χ3v) is 2.60. The first-order valence-electron chi connectivity index (χ1n) is 6.12. The molecule has 1 aliphatic carbocycles. The van der Waals surface area contributed by atoms with E-state index in [-0.39, 0.29) is 30.1 Å². The first-order valence-corrected chi connectivity index (χ1v) is 6.12. The molecule has 0 bridgehead atoms. The van der Waals surface area contributed by atoms with Gasteiger partial charge in [0.2, 0.25) is 0 Å². The first-order chi connectivity index (χ1) is 7.88. The summed E-state index contributed by atoms with van der Waals surface area (Å²) in [5.74, 6) is 0.902. The Balaban J connectivity index is 0.00000144. The van der Waals surface area contributed by atoms with Crippen LogP contribution < -0.4 is 10.6 Å². The topological polar surface area (TPSA) is 54.9 Å². The molecule has 2 aliphatic rings. The third kappa shape index (κ3) is 5.87. The maximum atomic E-state index is 5.54. The van der Waals surface area contributed by atoms with Crippen molar-refractivity contribution >= 4 is 29.9 Å². The minimum absolute atomic E-state index is 0. The molecule has 2 fully saturated rings. The van der Waals surface area contributed by atoms with Crippen molar-refractivity contribution in [3.05, 3.63) is 0 Å². The molecule has 100 valence electrons. The number of nitrogens with one attached hydrogen (secondary N) is 2.